The lowest BCUT2D eigenvalue weighted by atomic mass is 10.1. The van der Waals surface area contributed by atoms with Crippen molar-refractivity contribution in [2.75, 3.05) is 46.2 Å². The summed E-state index contributed by atoms with van der Waals surface area (Å²) >= 11 is 0. The number of benzene rings is 1. The van der Waals surface area contributed by atoms with E-state index in [-0.39, 0.29) is 5.63 Å². The third-order valence-corrected chi connectivity index (χ3v) is 5.98. The first-order valence-electron chi connectivity index (χ1n) is 10.3. The number of pyridine rings is 1. The zero-order valence-corrected chi connectivity index (χ0v) is 18.3. The van der Waals surface area contributed by atoms with E-state index in [0.717, 1.165) is 40.9 Å². The minimum atomic E-state index is -0.380. The predicted octanol–water partition coefficient (Wildman–Crippen LogP) is 3.11. The van der Waals surface area contributed by atoms with Gasteiger partial charge in [0.25, 0.3) is 0 Å². The molecular formula is C23H29N4O3+. The monoisotopic (exact) mass is 409 g/mol. The van der Waals surface area contributed by atoms with E-state index in [0.29, 0.717) is 35.0 Å². The highest BCUT2D eigenvalue weighted by Gasteiger charge is 2.34. The van der Waals surface area contributed by atoms with Crippen molar-refractivity contribution >= 4 is 16.7 Å². The molecule has 0 saturated carbocycles. The van der Waals surface area contributed by atoms with Crippen molar-refractivity contribution < 1.29 is 13.6 Å². The van der Waals surface area contributed by atoms with Gasteiger partial charge in [-0.2, -0.15) is 0 Å². The number of aromatic nitrogens is 2. The first-order chi connectivity index (χ1) is 14.3. The van der Waals surface area contributed by atoms with E-state index < -0.39 is 0 Å². The Morgan fingerprint density at radius 1 is 1.30 bits per heavy atom. The number of aryl methyl sites for hydroxylation is 1. The Hall–Kier alpha value is -2.93. The van der Waals surface area contributed by atoms with Crippen molar-refractivity contribution in [1.82, 2.24) is 9.97 Å². The smallest absolute Gasteiger partial charge is 0.347 e. The van der Waals surface area contributed by atoms with E-state index in [9.17, 15) is 4.79 Å². The van der Waals surface area contributed by atoms with Crippen molar-refractivity contribution in [2.45, 2.75) is 25.8 Å². The molecule has 1 unspecified atom stereocenters. The Morgan fingerprint density at radius 3 is 2.77 bits per heavy atom. The quantitative estimate of drug-likeness (QED) is 0.603. The molecule has 158 valence electrons. The first-order valence-corrected chi connectivity index (χ1v) is 10.3. The SMILES string of the molecule is CCc1cc(OC)cc2nc(-c3cccnc3N3CCC([N+](C)(C)C)C3)oc(=O)c12. The van der Waals surface area contributed by atoms with Crippen LogP contribution in [0.3, 0.4) is 0 Å². The first kappa shape index (κ1) is 20.3. The molecule has 7 nitrogen and oxygen atoms in total. The molecular weight excluding hydrogens is 380 g/mol. The molecule has 4 rings (SSSR count). The number of ether oxygens (including phenoxy) is 1. The van der Waals surface area contributed by atoms with Crippen molar-refractivity contribution in [1.29, 1.82) is 0 Å². The van der Waals surface area contributed by atoms with Gasteiger partial charge in [0.05, 0.1) is 51.3 Å². The van der Waals surface area contributed by atoms with E-state index in [1.807, 2.05) is 25.1 Å². The number of hydrogen-bond acceptors (Lipinski definition) is 6. The average molecular weight is 410 g/mol. The Labute approximate surface area is 176 Å². The fraction of sp³-hybridized carbons (Fsp3) is 0.435. The lowest BCUT2D eigenvalue weighted by molar-refractivity contribution is -0.893. The normalized spacial score (nSPS) is 17.0. The molecule has 1 saturated heterocycles. The molecule has 0 aliphatic carbocycles. The summed E-state index contributed by atoms with van der Waals surface area (Å²) in [6.45, 7) is 3.81. The number of quaternary nitrogens is 1. The van der Waals surface area contributed by atoms with Crippen LogP contribution in [0.15, 0.2) is 39.7 Å². The highest BCUT2D eigenvalue weighted by atomic mass is 16.5. The van der Waals surface area contributed by atoms with Gasteiger partial charge in [-0.25, -0.2) is 14.8 Å². The van der Waals surface area contributed by atoms with Gasteiger partial charge in [0.1, 0.15) is 17.6 Å². The number of hydrogen-bond donors (Lipinski definition) is 0. The van der Waals surface area contributed by atoms with Gasteiger partial charge in [0.2, 0.25) is 5.89 Å². The molecule has 7 heteroatoms. The Balaban J connectivity index is 1.81. The molecule has 1 aliphatic heterocycles. The molecule has 0 bridgehead atoms. The molecule has 2 aromatic heterocycles. The van der Waals surface area contributed by atoms with Gasteiger partial charge in [-0.1, -0.05) is 6.92 Å². The van der Waals surface area contributed by atoms with Crippen LogP contribution in [0, 0.1) is 0 Å². The lowest BCUT2D eigenvalue weighted by Gasteiger charge is -2.31. The molecule has 0 radical (unpaired) electrons. The second-order valence-corrected chi connectivity index (χ2v) is 8.72. The van der Waals surface area contributed by atoms with Crippen LogP contribution in [0.2, 0.25) is 0 Å². The van der Waals surface area contributed by atoms with E-state index in [2.05, 4.69) is 31.0 Å². The molecule has 0 N–H and O–H groups in total. The minimum Gasteiger partial charge on any atom is -0.497 e. The molecule has 3 aromatic rings. The summed E-state index contributed by atoms with van der Waals surface area (Å²) in [6.07, 6.45) is 3.55. The molecule has 30 heavy (non-hydrogen) atoms. The van der Waals surface area contributed by atoms with Crippen LogP contribution in [-0.2, 0) is 6.42 Å². The summed E-state index contributed by atoms with van der Waals surface area (Å²) in [5.74, 6) is 1.78. The van der Waals surface area contributed by atoms with Crippen LogP contribution in [0.1, 0.15) is 18.9 Å². The van der Waals surface area contributed by atoms with Crippen molar-refractivity contribution in [3.05, 3.63) is 46.4 Å². The number of methoxy groups -OCH3 is 1. The maximum Gasteiger partial charge on any atom is 0.347 e. The molecule has 1 fully saturated rings. The van der Waals surface area contributed by atoms with Crippen LogP contribution < -0.4 is 15.3 Å². The van der Waals surface area contributed by atoms with Gasteiger partial charge in [-0.05, 0) is 30.2 Å². The van der Waals surface area contributed by atoms with E-state index in [1.165, 1.54) is 0 Å². The van der Waals surface area contributed by atoms with Gasteiger partial charge in [-0.3, -0.25) is 0 Å². The van der Waals surface area contributed by atoms with Crippen LogP contribution in [0.25, 0.3) is 22.4 Å². The second kappa shape index (κ2) is 7.72. The molecule has 1 aliphatic rings. The molecule has 0 amide bonds. The summed E-state index contributed by atoms with van der Waals surface area (Å²) in [7, 11) is 8.27. The second-order valence-electron chi connectivity index (χ2n) is 8.72. The van der Waals surface area contributed by atoms with Gasteiger partial charge in [0, 0.05) is 25.2 Å². The van der Waals surface area contributed by atoms with E-state index in [4.69, 9.17) is 14.1 Å². The zero-order valence-electron chi connectivity index (χ0n) is 18.3. The fourth-order valence-electron chi connectivity index (χ4n) is 4.15. The predicted molar refractivity (Wildman–Crippen MR) is 118 cm³/mol. The van der Waals surface area contributed by atoms with Crippen LogP contribution in [0.5, 0.6) is 5.75 Å². The third-order valence-electron chi connectivity index (χ3n) is 5.98. The summed E-state index contributed by atoms with van der Waals surface area (Å²) < 4.78 is 12.0. The van der Waals surface area contributed by atoms with Gasteiger partial charge >= 0.3 is 5.63 Å². The number of rotatable bonds is 5. The topological polar surface area (TPSA) is 68.5 Å². The van der Waals surface area contributed by atoms with E-state index in [1.54, 1.807) is 19.4 Å². The summed E-state index contributed by atoms with van der Waals surface area (Å²) in [4.78, 5) is 24.5. The van der Waals surface area contributed by atoms with E-state index >= 15 is 0 Å². The maximum absolute atomic E-state index is 12.9. The van der Waals surface area contributed by atoms with Gasteiger partial charge < -0.3 is 18.5 Å². The number of likely N-dealkylation sites (N-methyl/N-ethyl adjacent to an activating group) is 1. The summed E-state index contributed by atoms with van der Waals surface area (Å²) in [5.41, 5.74) is 1.81. The standard InChI is InChI=1S/C23H29N4O3/c1-6-15-12-17(29-5)13-19-20(15)23(28)30-22(25-19)18-8-7-10-24-21(18)26-11-9-16(14-26)27(2,3)4/h7-8,10,12-13,16H,6,9,11,14H2,1-5H3/q+1. The third kappa shape index (κ3) is 3.65. The Kier molecular flexibility index (Phi) is 5.24. The molecule has 3 heterocycles. The van der Waals surface area contributed by atoms with Crippen LogP contribution >= 0.6 is 0 Å². The number of nitrogens with zero attached hydrogens (tertiary/aromatic N) is 4. The summed E-state index contributed by atoms with van der Waals surface area (Å²) in [6, 6.07) is 7.94. The minimum absolute atomic E-state index is 0.291. The Bertz CT molecular complexity index is 1130. The lowest BCUT2D eigenvalue weighted by Crippen LogP contribution is -2.46. The molecule has 0 spiro atoms. The van der Waals surface area contributed by atoms with Crippen molar-refractivity contribution in [3.63, 3.8) is 0 Å². The molecule has 1 atom stereocenters. The zero-order chi connectivity index (χ0) is 21.5. The highest BCUT2D eigenvalue weighted by molar-refractivity contribution is 5.84. The van der Waals surface area contributed by atoms with Crippen LogP contribution in [-0.4, -0.2) is 61.8 Å². The summed E-state index contributed by atoms with van der Waals surface area (Å²) in [5, 5.41) is 0.513. The van der Waals surface area contributed by atoms with Crippen molar-refractivity contribution in [3.8, 4) is 17.2 Å². The Morgan fingerprint density at radius 2 is 2.10 bits per heavy atom. The fourth-order valence-corrected chi connectivity index (χ4v) is 4.15. The average Bonchev–Trinajstić information content (AvgIpc) is 3.23. The largest absolute Gasteiger partial charge is 0.497 e. The van der Waals surface area contributed by atoms with Gasteiger partial charge in [-0.15, -0.1) is 0 Å². The van der Waals surface area contributed by atoms with Crippen molar-refractivity contribution in [2.24, 2.45) is 0 Å². The maximum atomic E-state index is 12.9. The van der Waals surface area contributed by atoms with Crippen LogP contribution in [0.4, 0.5) is 5.82 Å². The van der Waals surface area contributed by atoms with Gasteiger partial charge in [0.15, 0.2) is 0 Å². The number of anilines is 1. The number of fused-ring (bicyclic) bond motifs is 1. The molecule has 1 aromatic carbocycles. The highest BCUT2D eigenvalue weighted by Crippen LogP contribution is 2.32.